The minimum atomic E-state index is -0.517. The number of benzene rings is 1. The Labute approximate surface area is 137 Å². The average Bonchev–Trinajstić information content (AvgIpc) is 2.69. The molecule has 1 saturated heterocycles. The number of piperazine rings is 1. The zero-order valence-corrected chi connectivity index (χ0v) is 14.4. The Morgan fingerprint density at radius 3 is 2.43 bits per heavy atom. The summed E-state index contributed by atoms with van der Waals surface area (Å²) in [5.74, 6) is 0.281. The lowest BCUT2D eigenvalue weighted by atomic mass is 9.85. The van der Waals surface area contributed by atoms with Gasteiger partial charge in [0, 0.05) is 38.9 Å². The molecular formula is C18H25N3O2. The van der Waals surface area contributed by atoms with Crippen LogP contribution in [-0.4, -0.2) is 61.9 Å². The maximum absolute atomic E-state index is 12.5. The summed E-state index contributed by atoms with van der Waals surface area (Å²) in [6.07, 6.45) is 0.408. The fourth-order valence-electron chi connectivity index (χ4n) is 3.47. The topological polar surface area (TPSA) is 43.9 Å². The van der Waals surface area contributed by atoms with Gasteiger partial charge < -0.3 is 14.7 Å². The van der Waals surface area contributed by atoms with Crippen LogP contribution in [0.3, 0.4) is 0 Å². The third kappa shape index (κ3) is 2.74. The molecule has 2 aliphatic rings. The lowest BCUT2D eigenvalue weighted by Gasteiger charge is -2.32. The van der Waals surface area contributed by atoms with E-state index < -0.39 is 5.41 Å². The number of fused-ring (bicyclic) bond motifs is 1. The maximum Gasteiger partial charge on any atom is 0.236 e. The van der Waals surface area contributed by atoms with Gasteiger partial charge in [-0.25, -0.2) is 0 Å². The standard InChI is InChI=1S/C18H25N3O2/c1-18(2)14-11-13(5-6-15(14)20(4)17(18)23)12-16(22)21-9-7-19(3)8-10-21/h5-6,11H,7-10,12H2,1-4H3. The highest BCUT2D eigenvalue weighted by Crippen LogP contribution is 2.41. The zero-order chi connectivity index (χ0) is 16.8. The first-order valence-electron chi connectivity index (χ1n) is 8.18. The summed E-state index contributed by atoms with van der Waals surface area (Å²) in [6.45, 7) is 7.36. The third-order valence-electron chi connectivity index (χ3n) is 5.15. The molecule has 0 atom stereocenters. The quantitative estimate of drug-likeness (QED) is 0.825. The van der Waals surface area contributed by atoms with E-state index in [0.717, 1.165) is 43.0 Å². The van der Waals surface area contributed by atoms with Gasteiger partial charge in [0.25, 0.3) is 0 Å². The molecule has 2 amide bonds. The molecule has 0 aromatic heterocycles. The largest absolute Gasteiger partial charge is 0.340 e. The molecule has 0 N–H and O–H groups in total. The van der Waals surface area contributed by atoms with Gasteiger partial charge in [-0.15, -0.1) is 0 Å². The Morgan fingerprint density at radius 2 is 1.78 bits per heavy atom. The Bertz CT molecular complexity index is 646. The second-order valence-electron chi connectivity index (χ2n) is 7.20. The van der Waals surface area contributed by atoms with E-state index in [-0.39, 0.29) is 11.8 Å². The molecule has 5 nitrogen and oxygen atoms in total. The van der Waals surface area contributed by atoms with Crippen molar-refractivity contribution in [3.63, 3.8) is 0 Å². The number of hydrogen-bond donors (Lipinski definition) is 0. The van der Waals surface area contributed by atoms with Gasteiger partial charge in [0.05, 0.1) is 11.8 Å². The van der Waals surface area contributed by atoms with Crippen LogP contribution in [0.1, 0.15) is 25.0 Å². The minimum absolute atomic E-state index is 0.107. The Morgan fingerprint density at radius 1 is 1.13 bits per heavy atom. The first-order chi connectivity index (χ1) is 10.8. The van der Waals surface area contributed by atoms with Crippen LogP contribution in [0.25, 0.3) is 0 Å². The summed E-state index contributed by atoms with van der Waals surface area (Å²) < 4.78 is 0. The van der Waals surface area contributed by atoms with Gasteiger partial charge >= 0.3 is 0 Å². The highest BCUT2D eigenvalue weighted by atomic mass is 16.2. The lowest BCUT2D eigenvalue weighted by molar-refractivity contribution is -0.132. The molecule has 0 unspecified atom stereocenters. The number of amides is 2. The molecule has 2 aliphatic heterocycles. The molecule has 0 bridgehead atoms. The lowest BCUT2D eigenvalue weighted by Crippen LogP contribution is -2.47. The fraction of sp³-hybridized carbons (Fsp3) is 0.556. The summed E-state index contributed by atoms with van der Waals surface area (Å²) in [5.41, 5.74) is 2.45. The van der Waals surface area contributed by atoms with Crippen molar-refractivity contribution in [1.29, 1.82) is 0 Å². The molecule has 23 heavy (non-hydrogen) atoms. The molecule has 5 heteroatoms. The van der Waals surface area contributed by atoms with Crippen LogP contribution in [-0.2, 0) is 21.4 Å². The molecule has 1 fully saturated rings. The van der Waals surface area contributed by atoms with Crippen LogP contribution in [0.4, 0.5) is 5.69 Å². The van der Waals surface area contributed by atoms with Crippen LogP contribution in [0.5, 0.6) is 0 Å². The van der Waals surface area contributed by atoms with Gasteiger partial charge in [-0.05, 0) is 38.1 Å². The van der Waals surface area contributed by atoms with Crippen molar-refractivity contribution in [3.8, 4) is 0 Å². The molecule has 2 heterocycles. The first-order valence-corrected chi connectivity index (χ1v) is 8.18. The summed E-state index contributed by atoms with van der Waals surface area (Å²) in [7, 11) is 3.89. The highest BCUT2D eigenvalue weighted by Gasteiger charge is 2.42. The maximum atomic E-state index is 12.5. The number of nitrogens with zero attached hydrogens (tertiary/aromatic N) is 3. The van der Waals surface area contributed by atoms with E-state index in [4.69, 9.17) is 0 Å². The van der Waals surface area contributed by atoms with Crippen LogP contribution in [0, 0.1) is 0 Å². The van der Waals surface area contributed by atoms with Gasteiger partial charge in [-0.2, -0.15) is 0 Å². The Hall–Kier alpha value is -1.88. The third-order valence-corrected chi connectivity index (χ3v) is 5.15. The monoisotopic (exact) mass is 315 g/mol. The van der Waals surface area contributed by atoms with E-state index in [1.165, 1.54) is 0 Å². The van der Waals surface area contributed by atoms with Crippen molar-refractivity contribution >= 4 is 17.5 Å². The molecule has 0 saturated carbocycles. The number of rotatable bonds is 2. The van der Waals surface area contributed by atoms with Crippen LogP contribution in [0.15, 0.2) is 18.2 Å². The second-order valence-corrected chi connectivity index (χ2v) is 7.20. The fourth-order valence-corrected chi connectivity index (χ4v) is 3.47. The Kier molecular flexibility index (Phi) is 3.92. The summed E-state index contributed by atoms with van der Waals surface area (Å²) in [6, 6.07) is 5.97. The van der Waals surface area contributed by atoms with Crippen molar-refractivity contribution in [1.82, 2.24) is 9.80 Å². The predicted molar refractivity (Wildman–Crippen MR) is 90.7 cm³/mol. The number of hydrogen-bond acceptors (Lipinski definition) is 3. The number of carbonyl (C=O) groups excluding carboxylic acids is 2. The normalized spacial score (nSPS) is 20.8. The minimum Gasteiger partial charge on any atom is -0.340 e. The summed E-state index contributed by atoms with van der Waals surface area (Å²) in [4.78, 5) is 30.7. The molecular weight excluding hydrogens is 290 g/mol. The van der Waals surface area contributed by atoms with Crippen LogP contribution >= 0.6 is 0 Å². The summed E-state index contributed by atoms with van der Waals surface area (Å²) in [5, 5.41) is 0. The van der Waals surface area contributed by atoms with Crippen LogP contribution in [0.2, 0.25) is 0 Å². The zero-order valence-electron chi connectivity index (χ0n) is 14.4. The number of carbonyl (C=O) groups is 2. The van der Waals surface area contributed by atoms with Crippen molar-refractivity contribution in [2.45, 2.75) is 25.7 Å². The van der Waals surface area contributed by atoms with E-state index in [9.17, 15) is 9.59 Å². The van der Waals surface area contributed by atoms with Crippen molar-refractivity contribution in [2.24, 2.45) is 0 Å². The van der Waals surface area contributed by atoms with E-state index >= 15 is 0 Å². The second kappa shape index (κ2) is 5.64. The summed E-state index contributed by atoms with van der Waals surface area (Å²) >= 11 is 0. The average molecular weight is 315 g/mol. The molecule has 0 spiro atoms. The molecule has 3 rings (SSSR count). The number of likely N-dealkylation sites (N-methyl/N-ethyl adjacent to an activating group) is 2. The van der Waals surface area contributed by atoms with Crippen molar-refractivity contribution in [2.75, 3.05) is 45.2 Å². The van der Waals surface area contributed by atoms with Crippen LogP contribution < -0.4 is 4.90 Å². The van der Waals surface area contributed by atoms with Gasteiger partial charge in [0.1, 0.15) is 0 Å². The molecule has 1 aromatic rings. The van der Waals surface area contributed by atoms with E-state index in [2.05, 4.69) is 11.9 Å². The van der Waals surface area contributed by atoms with Crippen molar-refractivity contribution in [3.05, 3.63) is 29.3 Å². The van der Waals surface area contributed by atoms with E-state index in [1.807, 2.05) is 44.0 Å². The van der Waals surface area contributed by atoms with Gasteiger partial charge in [-0.3, -0.25) is 9.59 Å². The van der Waals surface area contributed by atoms with Gasteiger partial charge in [0.15, 0.2) is 0 Å². The molecule has 0 aliphatic carbocycles. The van der Waals surface area contributed by atoms with Gasteiger partial charge in [-0.1, -0.05) is 12.1 Å². The molecule has 1 aromatic carbocycles. The molecule has 0 radical (unpaired) electrons. The number of anilines is 1. The van der Waals surface area contributed by atoms with E-state index in [0.29, 0.717) is 6.42 Å². The van der Waals surface area contributed by atoms with Crippen molar-refractivity contribution < 1.29 is 9.59 Å². The first kappa shape index (κ1) is 16.0. The van der Waals surface area contributed by atoms with E-state index in [1.54, 1.807) is 4.90 Å². The molecule has 124 valence electrons. The predicted octanol–water partition coefficient (Wildman–Crippen LogP) is 1.26. The Balaban J connectivity index is 1.77. The smallest absolute Gasteiger partial charge is 0.236 e. The van der Waals surface area contributed by atoms with Gasteiger partial charge in [0.2, 0.25) is 11.8 Å². The SMILES string of the molecule is CN1CCN(C(=O)Cc2ccc3c(c2)C(C)(C)C(=O)N3C)CC1. The highest BCUT2D eigenvalue weighted by molar-refractivity contribution is 6.07.